The van der Waals surface area contributed by atoms with Crippen LogP contribution in [0.25, 0.3) is 0 Å². The zero-order valence-electron chi connectivity index (χ0n) is 9.03. The molecule has 0 aromatic heterocycles. The normalized spacial score (nSPS) is 12.2. The molecule has 0 radical (unpaired) electrons. The van der Waals surface area contributed by atoms with Crippen molar-refractivity contribution < 1.29 is 21.6 Å². The molecule has 1 aromatic carbocycles. The van der Waals surface area contributed by atoms with Crippen molar-refractivity contribution in [3.63, 3.8) is 0 Å². The fourth-order valence-corrected chi connectivity index (χ4v) is 3.84. The molecule has 0 heterocycles. The lowest BCUT2D eigenvalue weighted by molar-refractivity contribution is -0.0329. The maximum Gasteiger partial charge on any atom is 0.446 e. The third-order valence-electron chi connectivity index (χ3n) is 2.00. The number of nitrogens with zero attached hydrogens (tertiary/aromatic N) is 1. The largest absolute Gasteiger partial charge is 0.446 e. The summed E-state index contributed by atoms with van der Waals surface area (Å²) in [5.74, 6) is 0. The number of nitriles is 1. The molecule has 1 rings (SSSR count). The minimum atomic E-state index is -4.73. The zero-order chi connectivity index (χ0) is 14.8. The molecule has 2 N–H and O–H groups in total. The molecule has 0 amide bonds. The van der Waals surface area contributed by atoms with Gasteiger partial charge in [0.2, 0.25) is 0 Å². The van der Waals surface area contributed by atoms with E-state index in [9.17, 15) is 21.6 Å². The molecule has 104 valence electrons. The fraction of sp³-hybridized carbons (Fsp3) is 0.222. The standard InChI is InChI=1S/C9H6ClF3N2O2S2/c10-19(16,17)8-6(4-15)2-1-5(3-14)7(8)18-9(11,12)13/h1-2H,3,14H2. The highest BCUT2D eigenvalue weighted by Crippen LogP contribution is 2.43. The van der Waals surface area contributed by atoms with E-state index in [2.05, 4.69) is 0 Å². The average molecular weight is 331 g/mol. The molecule has 0 aliphatic heterocycles. The second kappa shape index (κ2) is 5.58. The van der Waals surface area contributed by atoms with Crippen molar-refractivity contribution in [2.75, 3.05) is 0 Å². The molecule has 0 unspecified atom stereocenters. The second-order valence-corrected chi connectivity index (χ2v) is 6.81. The SMILES string of the molecule is N#Cc1ccc(CN)c(SC(F)(F)F)c1S(=O)(=O)Cl. The molecule has 0 saturated carbocycles. The first-order valence-corrected chi connectivity index (χ1v) is 7.69. The van der Waals surface area contributed by atoms with Gasteiger partial charge in [0.15, 0.2) is 0 Å². The van der Waals surface area contributed by atoms with Crippen LogP contribution in [0.15, 0.2) is 21.9 Å². The van der Waals surface area contributed by atoms with Crippen molar-refractivity contribution >= 4 is 31.5 Å². The van der Waals surface area contributed by atoms with E-state index in [-0.39, 0.29) is 12.1 Å². The molecule has 0 aliphatic carbocycles. The highest BCUT2D eigenvalue weighted by molar-refractivity contribution is 8.14. The first-order valence-electron chi connectivity index (χ1n) is 4.56. The number of halogens is 4. The third kappa shape index (κ3) is 4.01. The minimum absolute atomic E-state index is 0.0550. The van der Waals surface area contributed by atoms with Crippen LogP contribution in [0.4, 0.5) is 13.2 Å². The Morgan fingerprint density at radius 3 is 2.37 bits per heavy atom. The van der Waals surface area contributed by atoms with Crippen LogP contribution in [0.1, 0.15) is 11.1 Å². The molecule has 0 aliphatic rings. The van der Waals surface area contributed by atoms with Crippen LogP contribution >= 0.6 is 22.4 Å². The van der Waals surface area contributed by atoms with Gasteiger partial charge >= 0.3 is 5.51 Å². The van der Waals surface area contributed by atoms with Crippen LogP contribution in [0.3, 0.4) is 0 Å². The van der Waals surface area contributed by atoms with Crippen LogP contribution in [-0.2, 0) is 15.6 Å². The van der Waals surface area contributed by atoms with E-state index in [1.54, 1.807) is 0 Å². The molecule has 19 heavy (non-hydrogen) atoms. The third-order valence-corrected chi connectivity index (χ3v) is 4.40. The van der Waals surface area contributed by atoms with Gasteiger partial charge in [0.05, 0.1) is 5.56 Å². The predicted molar refractivity (Wildman–Crippen MR) is 64.0 cm³/mol. The quantitative estimate of drug-likeness (QED) is 0.680. The topological polar surface area (TPSA) is 83.9 Å². The Morgan fingerprint density at radius 2 is 2.00 bits per heavy atom. The summed E-state index contributed by atoms with van der Waals surface area (Å²) in [7, 11) is 0.597. The molecule has 10 heteroatoms. The van der Waals surface area contributed by atoms with Crippen molar-refractivity contribution in [1.29, 1.82) is 5.26 Å². The Kier molecular flexibility index (Phi) is 4.73. The number of nitrogens with two attached hydrogens (primary N) is 1. The number of rotatable bonds is 3. The van der Waals surface area contributed by atoms with Gasteiger partial charge in [-0.25, -0.2) is 8.42 Å². The van der Waals surface area contributed by atoms with Gasteiger partial charge in [-0.15, -0.1) is 0 Å². The Bertz CT molecular complexity index is 638. The Hall–Kier alpha value is -0.950. The van der Waals surface area contributed by atoms with E-state index in [1.807, 2.05) is 0 Å². The summed E-state index contributed by atoms with van der Waals surface area (Å²) < 4.78 is 60.1. The van der Waals surface area contributed by atoms with Crippen LogP contribution in [0.5, 0.6) is 0 Å². The molecule has 0 spiro atoms. The lowest BCUT2D eigenvalue weighted by Crippen LogP contribution is -2.09. The van der Waals surface area contributed by atoms with Gasteiger partial charge in [0.1, 0.15) is 11.0 Å². The number of benzene rings is 1. The van der Waals surface area contributed by atoms with Gasteiger partial charge in [0, 0.05) is 22.1 Å². The first kappa shape index (κ1) is 16.1. The summed E-state index contributed by atoms with van der Waals surface area (Å²) in [5, 5.41) is 8.77. The van der Waals surface area contributed by atoms with Gasteiger partial charge in [-0.2, -0.15) is 18.4 Å². The lowest BCUT2D eigenvalue weighted by Gasteiger charge is -2.14. The van der Waals surface area contributed by atoms with Crippen LogP contribution < -0.4 is 5.73 Å². The Labute approximate surface area is 115 Å². The highest BCUT2D eigenvalue weighted by atomic mass is 35.7. The minimum Gasteiger partial charge on any atom is -0.326 e. The average Bonchev–Trinajstić information content (AvgIpc) is 2.24. The van der Waals surface area contributed by atoms with Crippen LogP contribution in [0, 0.1) is 11.3 Å². The summed E-state index contributed by atoms with van der Waals surface area (Å²) >= 11 is -0.660. The molecular formula is C9H6ClF3N2O2S2. The van der Waals surface area contributed by atoms with Gasteiger partial charge in [0.25, 0.3) is 9.05 Å². The van der Waals surface area contributed by atoms with Gasteiger partial charge < -0.3 is 5.73 Å². The molecular weight excluding hydrogens is 325 g/mol. The predicted octanol–water partition coefficient (Wildman–Crippen LogP) is 2.56. The number of thioether (sulfide) groups is 1. The summed E-state index contributed by atoms with van der Waals surface area (Å²) in [6.07, 6.45) is 0. The van der Waals surface area contributed by atoms with Gasteiger partial charge in [-0.3, -0.25) is 0 Å². The maximum atomic E-state index is 12.5. The lowest BCUT2D eigenvalue weighted by atomic mass is 10.1. The first-order chi connectivity index (χ1) is 8.60. The van der Waals surface area contributed by atoms with Crippen molar-refractivity contribution in [1.82, 2.24) is 0 Å². The molecule has 0 atom stereocenters. The van der Waals surface area contributed by atoms with Crippen LogP contribution in [-0.4, -0.2) is 13.9 Å². The van der Waals surface area contributed by atoms with Crippen LogP contribution in [0.2, 0.25) is 0 Å². The molecule has 1 aromatic rings. The Balaban J connectivity index is 3.69. The van der Waals surface area contributed by atoms with Crippen molar-refractivity contribution in [2.24, 2.45) is 5.73 Å². The number of alkyl halides is 3. The van der Waals surface area contributed by atoms with E-state index >= 15 is 0 Å². The maximum absolute atomic E-state index is 12.5. The van der Waals surface area contributed by atoms with Crippen molar-refractivity contribution in [2.45, 2.75) is 21.8 Å². The summed E-state index contributed by atoms with van der Waals surface area (Å²) in [6.45, 7) is -0.316. The van der Waals surface area contributed by atoms with Crippen molar-refractivity contribution in [3.8, 4) is 6.07 Å². The molecule has 0 fully saturated rings. The van der Waals surface area contributed by atoms with E-state index in [0.717, 1.165) is 12.1 Å². The zero-order valence-corrected chi connectivity index (χ0v) is 11.4. The van der Waals surface area contributed by atoms with E-state index in [0.29, 0.717) is 0 Å². The highest BCUT2D eigenvalue weighted by Gasteiger charge is 2.35. The van der Waals surface area contributed by atoms with Gasteiger partial charge in [-0.05, 0) is 23.4 Å². The van der Waals surface area contributed by atoms with E-state index in [1.165, 1.54) is 6.07 Å². The molecule has 0 bridgehead atoms. The van der Waals surface area contributed by atoms with E-state index in [4.69, 9.17) is 21.7 Å². The molecule has 4 nitrogen and oxygen atoms in total. The number of hydrogen-bond acceptors (Lipinski definition) is 5. The summed E-state index contributed by atoms with van der Waals surface area (Å²) in [5.41, 5.74) is 0.0295. The van der Waals surface area contributed by atoms with Crippen molar-refractivity contribution in [3.05, 3.63) is 23.3 Å². The smallest absolute Gasteiger partial charge is 0.326 e. The van der Waals surface area contributed by atoms with Gasteiger partial charge in [-0.1, -0.05) is 6.07 Å². The second-order valence-electron chi connectivity index (χ2n) is 3.23. The Morgan fingerprint density at radius 1 is 1.42 bits per heavy atom. The summed E-state index contributed by atoms with van der Waals surface area (Å²) in [6, 6.07) is 3.73. The monoisotopic (exact) mass is 330 g/mol. The summed E-state index contributed by atoms with van der Waals surface area (Å²) in [4.78, 5) is -1.52. The fourth-order valence-electron chi connectivity index (χ4n) is 1.32. The van der Waals surface area contributed by atoms with E-state index < -0.39 is 41.7 Å². The molecule has 0 saturated heterocycles. The number of hydrogen-bond donors (Lipinski definition) is 1.